The van der Waals surface area contributed by atoms with E-state index in [0.717, 1.165) is 5.56 Å². The number of hydrogen-bond acceptors (Lipinski definition) is 3. The van der Waals surface area contributed by atoms with Crippen LogP contribution in [0.5, 0.6) is 5.75 Å². The van der Waals surface area contributed by atoms with Gasteiger partial charge in [0.05, 0.1) is 0 Å². The molecule has 0 saturated heterocycles. The van der Waals surface area contributed by atoms with Crippen LogP contribution in [-0.4, -0.2) is 41.9 Å². The Hall–Kier alpha value is -2.89. The molecule has 0 bridgehead atoms. The van der Waals surface area contributed by atoms with E-state index in [2.05, 4.69) is 5.32 Å². The normalized spacial score (nSPS) is 11.8. The molecule has 0 aliphatic rings. The molecule has 0 spiro atoms. The van der Waals surface area contributed by atoms with Gasteiger partial charge in [-0.2, -0.15) is 0 Å². The van der Waals surface area contributed by atoms with Crippen LogP contribution in [0.3, 0.4) is 0 Å². The SMILES string of the molecule is CCC(C(=O)NC(C)C)N(CCc1ccccc1)C(=O)COc1ccccc1F. The molecule has 1 unspecified atom stereocenters. The van der Waals surface area contributed by atoms with Crippen molar-refractivity contribution in [1.82, 2.24) is 10.2 Å². The summed E-state index contributed by atoms with van der Waals surface area (Å²) in [4.78, 5) is 27.1. The Morgan fingerprint density at radius 2 is 1.72 bits per heavy atom. The number of nitrogens with one attached hydrogen (secondary N) is 1. The summed E-state index contributed by atoms with van der Waals surface area (Å²) in [6, 6.07) is 15.1. The number of carbonyl (C=O) groups is 2. The molecule has 156 valence electrons. The fraction of sp³-hybridized carbons (Fsp3) is 0.391. The maximum Gasteiger partial charge on any atom is 0.261 e. The van der Waals surface area contributed by atoms with Crippen LogP contribution in [-0.2, 0) is 16.0 Å². The molecule has 29 heavy (non-hydrogen) atoms. The summed E-state index contributed by atoms with van der Waals surface area (Å²) < 4.78 is 19.2. The van der Waals surface area contributed by atoms with Gasteiger partial charge < -0.3 is 15.0 Å². The van der Waals surface area contributed by atoms with E-state index in [1.165, 1.54) is 17.0 Å². The fourth-order valence-electron chi connectivity index (χ4n) is 3.06. The number of benzene rings is 2. The molecule has 0 radical (unpaired) electrons. The Kier molecular flexibility index (Phi) is 8.65. The number of rotatable bonds is 10. The van der Waals surface area contributed by atoms with Crippen molar-refractivity contribution in [2.75, 3.05) is 13.2 Å². The topological polar surface area (TPSA) is 58.6 Å². The number of halogens is 1. The molecular formula is C23H29FN2O3. The van der Waals surface area contributed by atoms with E-state index in [4.69, 9.17) is 4.74 Å². The van der Waals surface area contributed by atoms with Gasteiger partial charge in [0.2, 0.25) is 5.91 Å². The van der Waals surface area contributed by atoms with E-state index < -0.39 is 11.9 Å². The molecule has 1 atom stereocenters. The molecule has 2 aromatic carbocycles. The summed E-state index contributed by atoms with van der Waals surface area (Å²) in [6.07, 6.45) is 1.08. The second kappa shape index (κ2) is 11.2. The third-order valence-electron chi connectivity index (χ3n) is 4.49. The lowest BCUT2D eigenvalue weighted by Gasteiger charge is -2.31. The van der Waals surface area contributed by atoms with Crippen LogP contribution in [0.2, 0.25) is 0 Å². The minimum absolute atomic E-state index is 0.0172. The van der Waals surface area contributed by atoms with E-state index in [1.807, 2.05) is 51.1 Å². The van der Waals surface area contributed by atoms with Gasteiger partial charge in [0, 0.05) is 12.6 Å². The third-order valence-corrected chi connectivity index (χ3v) is 4.49. The van der Waals surface area contributed by atoms with Crippen LogP contribution < -0.4 is 10.1 Å². The zero-order chi connectivity index (χ0) is 21.2. The molecular weight excluding hydrogens is 371 g/mol. The average molecular weight is 400 g/mol. The molecule has 5 nitrogen and oxygen atoms in total. The molecule has 6 heteroatoms. The van der Waals surface area contributed by atoms with Crippen LogP contribution in [0.1, 0.15) is 32.8 Å². The van der Waals surface area contributed by atoms with Gasteiger partial charge in [-0.3, -0.25) is 9.59 Å². The Morgan fingerprint density at radius 1 is 1.07 bits per heavy atom. The summed E-state index contributed by atoms with van der Waals surface area (Å²) in [5.41, 5.74) is 1.07. The third kappa shape index (κ3) is 6.89. The van der Waals surface area contributed by atoms with E-state index in [-0.39, 0.29) is 30.2 Å². The second-order valence-corrected chi connectivity index (χ2v) is 7.13. The van der Waals surface area contributed by atoms with Crippen molar-refractivity contribution in [1.29, 1.82) is 0 Å². The van der Waals surface area contributed by atoms with Gasteiger partial charge in [-0.1, -0.05) is 49.4 Å². The van der Waals surface area contributed by atoms with Gasteiger partial charge in [-0.25, -0.2) is 4.39 Å². The largest absolute Gasteiger partial charge is 0.481 e. The highest BCUT2D eigenvalue weighted by Crippen LogP contribution is 2.16. The van der Waals surface area contributed by atoms with E-state index in [9.17, 15) is 14.0 Å². The lowest BCUT2D eigenvalue weighted by molar-refractivity contribution is -0.142. The van der Waals surface area contributed by atoms with E-state index >= 15 is 0 Å². The number of para-hydroxylation sites is 1. The maximum atomic E-state index is 13.8. The van der Waals surface area contributed by atoms with Gasteiger partial charge >= 0.3 is 0 Å². The Balaban J connectivity index is 2.13. The highest BCUT2D eigenvalue weighted by molar-refractivity contribution is 5.88. The first-order chi connectivity index (χ1) is 13.9. The lowest BCUT2D eigenvalue weighted by atomic mass is 10.1. The number of amides is 2. The first-order valence-corrected chi connectivity index (χ1v) is 9.93. The van der Waals surface area contributed by atoms with Gasteiger partial charge in [-0.15, -0.1) is 0 Å². The minimum Gasteiger partial charge on any atom is -0.481 e. The molecule has 2 aromatic rings. The van der Waals surface area contributed by atoms with Crippen LogP contribution in [0.4, 0.5) is 4.39 Å². The predicted molar refractivity (Wildman–Crippen MR) is 111 cm³/mol. The smallest absolute Gasteiger partial charge is 0.261 e. The molecule has 0 aliphatic carbocycles. The molecule has 1 N–H and O–H groups in total. The Labute approximate surface area is 171 Å². The quantitative estimate of drug-likeness (QED) is 0.663. The maximum absolute atomic E-state index is 13.8. The molecule has 0 heterocycles. The van der Waals surface area contributed by atoms with Gasteiger partial charge in [-0.05, 0) is 44.4 Å². The van der Waals surface area contributed by atoms with Crippen molar-refractivity contribution < 1.29 is 18.7 Å². The molecule has 0 aliphatic heterocycles. The summed E-state index contributed by atoms with van der Waals surface area (Å²) in [7, 11) is 0. The van der Waals surface area contributed by atoms with Crippen molar-refractivity contribution in [2.45, 2.75) is 45.7 Å². The van der Waals surface area contributed by atoms with E-state index in [1.54, 1.807) is 12.1 Å². The van der Waals surface area contributed by atoms with Gasteiger partial charge in [0.25, 0.3) is 5.91 Å². The second-order valence-electron chi connectivity index (χ2n) is 7.13. The van der Waals surface area contributed by atoms with Crippen LogP contribution in [0.25, 0.3) is 0 Å². The summed E-state index contributed by atoms with van der Waals surface area (Å²) in [6.45, 7) is 5.66. The monoisotopic (exact) mass is 400 g/mol. The number of hydrogen-bond donors (Lipinski definition) is 1. The van der Waals surface area contributed by atoms with Crippen molar-refractivity contribution >= 4 is 11.8 Å². The predicted octanol–water partition coefficient (Wildman–Crippen LogP) is 3.58. The van der Waals surface area contributed by atoms with Crippen molar-refractivity contribution in [3.05, 3.63) is 66.0 Å². The summed E-state index contributed by atoms with van der Waals surface area (Å²) in [5, 5.41) is 2.88. The molecule has 2 amide bonds. The first kappa shape index (κ1) is 22.4. The van der Waals surface area contributed by atoms with Crippen molar-refractivity contribution in [3.8, 4) is 5.75 Å². The zero-order valence-electron chi connectivity index (χ0n) is 17.2. The minimum atomic E-state index is -0.613. The van der Waals surface area contributed by atoms with Gasteiger partial charge in [0.15, 0.2) is 18.2 Å². The number of ether oxygens (including phenoxy) is 1. The summed E-state index contributed by atoms with van der Waals surface area (Å²) >= 11 is 0. The number of carbonyl (C=O) groups excluding carboxylic acids is 2. The van der Waals surface area contributed by atoms with Crippen LogP contribution in [0, 0.1) is 5.82 Å². The highest BCUT2D eigenvalue weighted by Gasteiger charge is 2.29. The van der Waals surface area contributed by atoms with E-state index in [0.29, 0.717) is 19.4 Å². The number of nitrogens with zero attached hydrogens (tertiary/aromatic N) is 1. The fourth-order valence-corrected chi connectivity index (χ4v) is 3.06. The lowest BCUT2D eigenvalue weighted by Crippen LogP contribution is -2.52. The van der Waals surface area contributed by atoms with Crippen LogP contribution in [0.15, 0.2) is 54.6 Å². The van der Waals surface area contributed by atoms with Gasteiger partial charge in [0.1, 0.15) is 6.04 Å². The summed E-state index contributed by atoms with van der Waals surface area (Å²) in [5.74, 6) is -1.06. The molecule has 2 rings (SSSR count). The molecule has 0 fully saturated rings. The standard InChI is InChI=1S/C23H29FN2O3/c1-4-20(23(28)25-17(2)3)26(15-14-18-10-6-5-7-11-18)22(27)16-29-21-13-9-8-12-19(21)24/h5-13,17,20H,4,14-16H2,1-3H3,(H,25,28). The first-order valence-electron chi connectivity index (χ1n) is 9.93. The van der Waals surface area contributed by atoms with Crippen molar-refractivity contribution in [3.63, 3.8) is 0 Å². The molecule has 0 aromatic heterocycles. The highest BCUT2D eigenvalue weighted by atomic mass is 19.1. The molecule has 0 saturated carbocycles. The van der Waals surface area contributed by atoms with Crippen LogP contribution >= 0.6 is 0 Å². The Bertz CT molecular complexity index is 796. The van der Waals surface area contributed by atoms with Crippen molar-refractivity contribution in [2.24, 2.45) is 0 Å². The zero-order valence-corrected chi connectivity index (χ0v) is 17.2. The average Bonchev–Trinajstić information content (AvgIpc) is 2.70. The Morgan fingerprint density at radius 3 is 2.34 bits per heavy atom.